The van der Waals surface area contributed by atoms with Gasteiger partial charge in [-0.3, -0.25) is 0 Å². The Morgan fingerprint density at radius 1 is 1.13 bits per heavy atom. The Morgan fingerprint density at radius 3 is 2.00 bits per heavy atom. The molecule has 1 rings (SSSR count). The van der Waals surface area contributed by atoms with E-state index in [1.54, 1.807) is 0 Å². The van der Waals surface area contributed by atoms with E-state index < -0.39 is 12.1 Å². The van der Waals surface area contributed by atoms with Gasteiger partial charge in [0.25, 0.3) is 0 Å². The summed E-state index contributed by atoms with van der Waals surface area (Å²) in [5.41, 5.74) is 13.4. The van der Waals surface area contributed by atoms with Gasteiger partial charge in [0, 0.05) is 6.54 Å². The molecule has 0 saturated heterocycles. The molecule has 84 valence electrons. The first-order chi connectivity index (χ1) is 7.06. The van der Waals surface area contributed by atoms with E-state index in [2.05, 4.69) is 13.8 Å². The van der Waals surface area contributed by atoms with E-state index in [1.165, 1.54) is 5.56 Å². The molecule has 3 nitrogen and oxygen atoms in total. The van der Waals surface area contributed by atoms with Crippen LogP contribution in [-0.4, -0.2) is 17.8 Å². The molecule has 0 heterocycles. The van der Waals surface area contributed by atoms with E-state index in [-0.39, 0.29) is 6.54 Å². The highest BCUT2D eigenvalue weighted by atomic mass is 16.3. The number of aliphatic hydroxyl groups is 1. The molecule has 0 spiro atoms. The smallest absolute Gasteiger partial charge is 0.0854 e. The lowest BCUT2D eigenvalue weighted by Crippen LogP contribution is -2.32. The van der Waals surface area contributed by atoms with Gasteiger partial charge in [-0.2, -0.15) is 0 Å². The Balaban J connectivity index is 2.79. The highest BCUT2D eigenvalue weighted by Gasteiger charge is 2.14. The number of rotatable bonds is 4. The lowest BCUT2D eigenvalue weighted by Gasteiger charge is -2.18. The van der Waals surface area contributed by atoms with Crippen molar-refractivity contribution in [1.29, 1.82) is 0 Å². The molecule has 2 unspecified atom stereocenters. The van der Waals surface area contributed by atoms with Crippen LogP contribution in [0.5, 0.6) is 0 Å². The van der Waals surface area contributed by atoms with E-state index in [0.717, 1.165) is 5.56 Å². The van der Waals surface area contributed by atoms with Crippen LogP contribution in [-0.2, 0) is 0 Å². The van der Waals surface area contributed by atoms with E-state index in [9.17, 15) is 5.11 Å². The molecule has 3 heteroatoms. The Labute approximate surface area is 91.1 Å². The maximum absolute atomic E-state index is 9.51. The van der Waals surface area contributed by atoms with Crippen molar-refractivity contribution in [3.05, 3.63) is 35.4 Å². The number of aliphatic hydroxyl groups excluding tert-OH is 1. The summed E-state index contributed by atoms with van der Waals surface area (Å²) in [4.78, 5) is 0. The Kier molecular flexibility index (Phi) is 4.27. The molecule has 0 aliphatic heterocycles. The van der Waals surface area contributed by atoms with Crippen LogP contribution in [0.4, 0.5) is 0 Å². The third-order valence-corrected chi connectivity index (χ3v) is 2.64. The first kappa shape index (κ1) is 12.2. The van der Waals surface area contributed by atoms with E-state index in [4.69, 9.17) is 11.5 Å². The zero-order valence-electron chi connectivity index (χ0n) is 9.35. The van der Waals surface area contributed by atoms with Crippen molar-refractivity contribution in [2.45, 2.75) is 31.9 Å². The number of hydrogen-bond acceptors (Lipinski definition) is 3. The van der Waals surface area contributed by atoms with Crippen LogP contribution >= 0.6 is 0 Å². The summed E-state index contributed by atoms with van der Waals surface area (Å²) in [6.07, 6.45) is -0.671. The minimum atomic E-state index is -0.671. The first-order valence-electron chi connectivity index (χ1n) is 5.29. The van der Waals surface area contributed by atoms with E-state index in [0.29, 0.717) is 5.92 Å². The SMILES string of the molecule is CC(C)c1ccc(C(N)C(O)CN)cc1. The van der Waals surface area contributed by atoms with Gasteiger partial charge in [0.1, 0.15) is 0 Å². The quantitative estimate of drug-likeness (QED) is 0.694. The van der Waals surface area contributed by atoms with Crippen molar-refractivity contribution in [3.8, 4) is 0 Å². The molecular formula is C12H20N2O. The summed E-state index contributed by atoms with van der Waals surface area (Å²) < 4.78 is 0. The molecule has 1 aromatic rings. The maximum Gasteiger partial charge on any atom is 0.0854 e. The second kappa shape index (κ2) is 5.26. The van der Waals surface area contributed by atoms with Crippen molar-refractivity contribution >= 4 is 0 Å². The molecule has 0 amide bonds. The minimum absolute atomic E-state index is 0.188. The van der Waals surface area contributed by atoms with Crippen LogP contribution in [0.1, 0.15) is 36.9 Å². The van der Waals surface area contributed by atoms with Crippen molar-refractivity contribution in [2.75, 3.05) is 6.54 Å². The van der Waals surface area contributed by atoms with Gasteiger partial charge < -0.3 is 16.6 Å². The molecule has 0 saturated carbocycles. The minimum Gasteiger partial charge on any atom is -0.390 e. The van der Waals surface area contributed by atoms with Gasteiger partial charge in [-0.1, -0.05) is 38.1 Å². The van der Waals surface area contributed by atoms with Crippen LogP contribution in [0.2, 0.25) is 0 Å². The van der Waals surface area contributed by atoms with Gasteiger partial charge >= 0.3 is 0 Å². The molecule has 0 bridgehead atoms. The van der Waals surface area contributed by atoms with Crippen molar-refractivity contribution < 1.29 is 5.11 Å². The van der Waals surface area contributed by atoms with Gasteiger partial charge in [0.15, 0.2) is 0 Å². The van der Waals surface area contributed by atoms with Crippen LogP contribution in [0.3, 0.4) is 0 Å². The Hall–Kier alpha value is -0.900. The van der Waals surface area contributed by atoms with Gasteiger partial charge in [0.05, 0.1) is 12.1 Å². The van der Waals surface area contributed by atoms with E-state index in [1.807, 2.05) is 24.3 Å². The topological polar surface area (TPSA) is 72.3 Å². The standard InChI is InChI=1S/C12H20N2O/c1-8(2)9-3-5-10(6-4-9)12(14)11(15)7-13/h3-6,8,11-12,15H,7,13-14H2,1-2H3. The Morgan fingerprint density at radius 2 is 1.60 bits per heavy atom. The van der Waals surface area contributed by atoms with Crippen molar-refractivity contribution in [1.82, 2.24) is 0 Å². The molecule has 0 aliphatic carbocycles. The third-order valence-electron chi connectivity index (χ3n) is 2.64. The van der Waals surface area contributed by atoms with Crippen LogP contribution in [0.15, 0.2) is 24.3 Å². The summed E-state index contributed by atoms with van der Waals surface area (Å²) in [5, 5.41) is 9.51. The summed E-state index contributed by atoms with van der Waals surface area (Å²) in [5.74, 6) is 0.509. The van der Waals surface area contributed by atoms with Crippen LogP contribution in [0.25, 0.3) is 0 Å². The monoisotopic (exact) mass is 208 g/mol. The largest absolute Gasteiger partial charge is 0.390 e. The molecule has 0 fully saturated rings. The van der Waals surface area contributed by atoms with Crippen molar-refractivity contribution in [2.24, 2.45) is 11.5 Å². The number of benzene rings is 1. The van der Waals surface area contributed by atoms with Gasteiger partial charge in [-0.05, 0) is 17.0 Å². The molecule has 0 aromatic heterocycles. The second-order valence-electron chi connectivity index (χ2n) is 4.15. The van der Waals surface area contributed by atoms with Gasteiger partial charge in [0.2, 0.25) is 0 Å². The van der Waals surface area contributed by atoms with Gasteiger partial charge in [-0.25, -0.2) is 0 Å². The summed E-state index contributed by atoms with van der Waals surface area (Å²) >= 11 is 0. The molecule has 5 N–H and O–H groups in total. The normalized spacial score (nSPS) is 15.3. The van der Waals surface area contributed by atoms with Crippen molar-refractivity contribution in [3.63, 3.8) is 0 Å². The highest BCUT2D eigenvalue weighted by Crippen LogP contribution is 2.19. The molecule has 0 radical (unpaired) electrons. The third kappa shape index (κ3) is 3.02. The molecule has 15 heavy (non-hydrogen) atoms. The number of nitrogens with two attached hydrogens (primary N) is 2. The zero-order chi connectivity index (χ0) is 11.4. The average molecular weight is 208 g/mol. The zero-order valence-corrected chi connectivity index (χ0v) is 9.35. The summed E-state index contributed by atoms with van der Waals surface area (Å²) in [7, 11) is 0. The molecular weight excluding hydrogens is 188 g/mol. The second-order valence-corrected chi connectivity index (χ2v) is 4.15. The fourth-order valence-electron chi connectivity index (χ4n) is 1.47. The van der Waals surface area contributed by atoms with Gasteiger partial charge in [-0.15, -0.1) is 0 Å². The fraction of sp³-hybridized carbons (Fsp3) is 0.500. The maximum atomic E-state index is 9.51. The molecule has 2 atom stereocenters. The Bertz CT molecular complexity index is 295. The van der Waals surface area contributed by atoms with Crippen LogP contribution < -0.4 is 11.5 Å². The predicted molar refractivity (Wildman–Crippen MR) is 62.5 cm³/mol. The highest BCUT2D eigenvalue weighted by molar-refractivity contribution is 5.27. The molecule has 1 aromatic carbocycles. The lowest BCUT2D eigenvalue weighted by molar-refractivity contribution is 0.153. The summed E-state index contributed by atoms with van der Waals surface area (Å²) in [6.45, 7) is 4.47. The average Bonchev–Trinajstić information content (AvgIpc) is 2.27. The number of hydrogen-bond donors (Lipinski definition) is 3. The first-order valence-corrected chi connectivity index (χ1v) is 5.29. The van der Waals surface area contributed by atoms with E-state index >= 15 is 0 Å². The lowest BCUT2D eigenvalue weighted by atomic mass is 9.97. The summed E-state index contributed by atoms with van der Waals surface area (Å²) in [6, 6.07) is 7.61. The molecule has 0 aliphatic rings. The predicted octanol–water partition coefficient (Wildman–Crippen LogP) is 1.13. The fourth-order valence-corrected chi connectivity index (χ4v) is 1.47. The van der Waals surface area contributed by atoms with Crippen LogP contribution in [0, 0.1) is 0 Å².